The molecule has 2 amide bonds. The lowest BCUT2D eigenvalue weighted by atomic mass is 9.96. The van der Waals surface area contributed by atoms with E-state index < -0.39 is 23.4 Å². The van der Waals surface area contributed by atoms with Gasteiger partial charge in [0.25, 0.3) is 0 Å². The van der Waals surface area contributed by atoms with Gasteiger partial charge in [0.1, 0.15) is 22.8 Å². The quantitative estimate of drug-likeness (QED) is 0.228. The maximum atomic E-state index is 13.8. The summed E-state index contributed by atoms with van der Waals surface area (Å²) in [5, 5.41) is 5.80. The number of H-pyrrole nitrogens is 1. The van der Waals surface area contributed by atoms with Crippen LogP contribution in [0.5, 0.6) is 11.5 Å². The minimum atomic E-state index is -4.64. The number of nitrogens with zero attached hydrogens (tertiary/aromatic N) is 1. The minimum Gasteiger partial charge on any atom is -0.457 e. The molecule has 6 nitrogen and oxygen atoms in total. The number of urea groups is 1. The number of aromatic amines is 1. The van der Waals surface area contributed by atoms with Crippen molar-refractivity contribution in [3.8, 4) is 11.5 Å². The second-order valence-corrected chi connectivity index (χ2v) is 8.84. The summed E-state index contributed by atoms with van der Waals surface area (Å²) in [6.45, 7) is 2.64. The molecule has 0 radical (unpaired) electrons. The van der Waals surface area contributed by atoms with Crippen LogP contribution < -0.4 is 15.4 Å². The zero-order valence-electron chi connectivity index (χ0n) is 19.5. The van der Waals surface area contributed by atoms with Crippen LogP contribution >= 0.6 is 0 Å². The lowest BCUT2D eigenvalue weighted by Crippen LogP contribution is -2.20. The zero-order valence-corrected chi connectivity index (χ0v) is 19.5. The van der Waals surface area contributed by atoms with Gasteiger partial charge in [0.2, 0.25) is 0 Å². The second-order valence-electron chi connectivity index (χ2n) is 8.84. The first-order valence-electron chi connectivity index (χ1n) is 11.1. The van der Waals surface area contributed by atoms with Crippen molar-refractivity contribution < 1.29 is 27.1 Å². The highest BCUT2D eigenvalue weighted by molar-refractivity contribution is 5.99. The summed E-state index contributed by atoms with van der Waals surface area (Å²) in [5.41, 5.74) is -1.45. The first-order valence-corrected chi connectivity index (χ1v) is 11.1. The van der Waals surface area contributed by atoms with Crippen LogP contribution in [0.4, 0.5) is 33.7 Å². The molecule has 2 aromatic carbocycles. The van der Waals surface area contributed by atoms with Gasteiger partial charge in [0, 0.05) is 23.8 Å². The second kappa shape index (κ2) is 9.88. The Balaban J connectivity index is 1.40. The minimum absolute atomic E-state index is 0.0270. The molecule has 0 spiro atoms. The molecule has 2 aromatic heterocycles. The average Bonchev–Trinajstić information content (AvgIpc) is 3.28. The molecular weight excluding hydrogens is 476 g/mol. The number of anilines is 2. The number of aromatic nitrogens is 2. The van der Waals surface area contributed by atoms with Crippen molar-refractivity contribution in [3.63, 3.8) is 0 Å². The standard InChI is InChI=1S/C26H24F4N4O2/c1-25(2,27)12-9-16-3-4-18(15-21(16)26(28,29)30)34-24(35)33-17-5-7-19(8-6-17)36-22-11-14-32-23-20(22)10-13-31-23/h3-8,10-11,13-15H,9,12H2,1-2H3,(H,31,32)(H2,33,34,35). The van der Waals surface area contributed by atoms with E-state index >= 15 is 0 Å². The predicted molar refractivity (Wildman–Crippen MR) is 130 cm³/mol. The van der Waals surface area contributed by atoms with Gasteiger partial charge in [-0.15, -0.1) is 0 Å². The Labute approximate surface area is 204 Å². The summed E-state index contributed by atoms with van der Waals surface area (Å²) in [6.07, 6.45) is -1.39. The number of halogens is 4. The Hall–Kier alpha value is -4.08. The molecule has 0 aliphatic rings. The van der Waals surface area contributed by atoms with E-state index in [4.69, 9.17) is 4.74 Å². The highest BCUT2D eigenvalue weighted by atomic mass is 19.4. The van der Waals surface area contributed by atoms with Gasteiger partial charge in [-0.2, -0.15) is 13.2 Å². The number of hydrogen-bond acceptors (Lipinski definition) is 3. The average molecular weight is 500 g/mol. The number of carbonyl (C=O) groups excluding carboxylic acids is 1. The van der Waals surface area contributed by atoms with E-state index in [1.54, 1.807) is 42.7 Å². The number of hydrogen-bond donors (Lipinski definition) is 3. The fourth-order valence-corrected chi connectivity index (χ4v) is 3.62. The molecule has 2 heterocycles. The van der Waals surface area contributed by atoms with E-state index in [2.05, 4.69) is 20.6 Å². The molecular formula is C26H24F4N4O2. The number of ether oxygens (including phenoxy) is 1. The maximum absolute atomic E-state index is 13.8. The van der Waals surface area contributed by atoms with Gasteiger partial charge in [-0.3, -0.25) is 0 Å². The molecule has 0 fully saturated rings. The molecule has 0 bridgehead atoms. The van der Waals surface area contributed by atoms with Crippen LogP contribution in [0.2, 0.25) is 0 Å². The molecule has 0 saturated heterocycles. The third kappa shape index (κ3) is 6.32. The van der Waals surface area contributed by atoms with Crippen LogP contribution in [0.1, 0.15) is 31.4 Å². The third-order valence-electron chi connectivity index (χ3n) is 5.42. The number of alkyl halides is 4. The number of benzene rings is 2. The van der Waals surface area contributed by atoms with E-state index in [1.807, 2.05) is 6.07 Å². The van der Waals surface area contributed by atoms with Gasteiger partial charge in [-0.05, 0) is 80.8 Å². The highest BCUT2D eigenvalue weighted by Gasteiger charge is 2.34. The summed E-state index contributed by atoms with van der Waals surface area (Å²) in [5.74, 6) is 1.13. The topological polar surface area (TPSA) is 79.0 Å². The maximum Gasteiger partial charge on any atom is 0.416 e. The van der Waals surface area contributed by atoms with E-state index in [0.717, 1.165) is 11.5 Å². The van der Waals surface area contributed by atoms with Crippen LogP contribution in [0.25, 0.3) is 11.0 Å². The number of pyridine rings is 1. The van der Waals surface area contributed by atoms with Crippen molar-refractivity contribution in [2.45, 2.75) is 38.5 Å². The smallest absolute Gasteiger partial charge is 0.416 e. The van der Waals surface area contributed by atoms with Crippen molar-refractivity contribution in [2.24, 2.45) is 0 Å². The van der Waals surface area contributed by atoms with Crippen LogP contribution in [0.15, 0.2) is 67.0 Å². The summed E-state index contributed by atoms with van der Waals surface area (Å²) in [4.78, 5) is 19.6. The van der Waals surface area contributed by atoms with Crippen molar-refractivity contribution in [1.29, 1.82) is 0 Å². The molecule has 4 aromatic rings. The lowest BCUT2D eigenvalue weighted by molar-refractivity contribution is -0.138. The summed E-state index contributed by atoms with van der Waals surface area (Å²) in [7, 11) is 0. The SMILES string of the molecule is CC(C)(F)CCc1ccc(NC(=O)Nc2ccc(Oc3ccnc4[nH]ccc34)cc2)cc1C(F)(F)F. The Morgan fingerprint density at radius 2 is 1.67 bits per heavy atom. The van der Waals surface area contributed by atoms with Gasteiger partial charge < -0.3 is 20.4 Å². The zero-order chi connectivity index (χ0) is 25.9. The molecule has 0 saturated carbocycles. The van der Waals surface area contributed by atoms with Crippen LogP contribution in [0, 0.1) is 0 Å². The first kappa shape index (κ1) is 25.0. The first-order chi connectivity index (χ1) is 17.0. The van der Waals surface area contributed by atoms with Gasteiger partial charge in [0.05, 0.1) is 10.9 Å². The lowest BCUT2D eigenvalue weighted by Gasteiger charge is -2.18. The highest BCUT2D eigenvalue weighted by Crippen LogP contribution is 2.35. The number of amides is 2. The number of carbonyl (C=O) groups is 1. The normalized spacial score (nSPS) is 11.9. The van der Waals surface area contributed by atoms with Crippen LogP contribution in [0.3, 0.4) is 0 Å². The molecule has 3 N–H and O–H groups in total. The van der Waals surface area contributed by atoms with Gasteiger partial charge in [-0.25, -0.2) is 14.2 Å². The van der Waals surface area contributed by atoms with E-state index in [0.29, 0.717) is 22.8 Å². The fraction of sp³-hybridized carbons (Fsp3) is 0.231. The number of nitrogens with one attached hydrogen (secondary N) is 3. The number of rotatable bonds is 7. The van der Waals surface area contributed by atoms with Crippen LogP contribution in [-0.4, -0.2) is 21.7 Å². The largest absolute Gasteiger partial charge is 0.457 e. The molecule has 4 rings (SSSR count). The van der Waals surface area contributed by atoms with Gasteiger partial charge >= 0.3 is 12.2 Å². The van der Waals surface area contributed by atoms with E-state index in [1.165, 1.54) is 26.0 Å². The molecule has 0 aliphatic heterocycles. The van der Waals surface area contributed by atoms with Crippen LogP contribution in [-0.2, 0) is 12.6 Å². The summed E-state index contributed by atoms with van der Waals surface area (Å²) in [6, 6.07) is 12.9. The summed E-state index contributed by atoms with van der Waals surface area (Å²) >= 11 is 0. The summed E-state index contributed by atoms with van der Waals surface area (Å²) < 4.78 is 60.3. The molecule has 0 unspecified atom stereocenters. The molecule has 0 aliphatic carbocycles. The molecule has 0 atom stereocenters. The molecule has 188 valence electrons. The van der Waals surface area contributed by atoms with Crippen molar-refractivity contribution in [1.82, 2.24) is 9.97 Å². The van der Waals surface area contributed by atoms with Crippen molar-refractivity contribution in [3.05, 3.63) is 78.1 Å². The van der Waals surface area contributed by atoms with E-state index in [9.17, 15) is 22.4 Å². The van der Waals surface area contributed by atoms with Gasteiger partial charge in [0.15, 0.2) is 0 Å². The Kier molecular flexibility index (Phi) is 6.87. The molecule has 36 heavy (non-hydrogen) atoms. The third-order valence-corrected chi connectivity index (χ3v) is 5.42. The monoisotopic (exact) mass is 500 g/mol. The molecule has 10 heteroatoms. The van der Waals surface area contributed by atoms with E-state index in [-0.39, 0.29) is 24.1 Å². The Morgan fingerprint density at radius 1 is 0.972 bits per heavy atom. The predicted octanol–water partition coefficient (Wildman–Crippen LogP) is 7.70. The number of aryl methyl sites for hydroxylation is 1. The fourth-order valence-electron chi connectivity index (χ4n) is 3.62. The Morgan fingerprint density at radius 3 is 2.36 bits per heavy atom. The van der Waals surface area contributed by atoms with Crippen molar-refractivity contribution >= 4 is 28.4 Å². The van der Waals surface area contributed by atoms with Gasteiger partial charge in [-0.1, -0.05) is 6.07 Å². The Bertz CT molecular complexity index is 1360. The number of fused-ring (bicyclic) bond motifs is 1. The van der Waals surface area contributed by atoms with Crippen molar-refractivity contribution in [2.75, 3.05) is 10.6 Å².